The molecule has 0 saturated carbocycles. The van der Waals surface area contributed by atoms with Crippen molar-refractivity contribution in [1.82, 2.24) is 9.21 Å². The second kappa shape index (κ2) is 10.9. The van der Waals surface area contributed by atoms with Gasteiger partial charge < -0.3 is 24.6 Å². The SMILES string of the molecule is COCCN1C(=O)C(=O)/C(=C(/O)c2ccc(S(=O)(=O)N3CCCCC3)cc2)[C@@H]1c1ccc(O)c(OC)c1. The number of nitrogens with zero attached hydrogens (tertiary/aromatic N) is 2. The molecule has 198 valence electrons. The second-order valence-electron chi connectivity index (χ2n) is 8.91. The molecule has 2 heterocycles. The number of amides is 1. The van der Waals surface area contributed by atoms with Gasteiger partial charge in [-0.2, -0.15) is 4.31 Å². The van der Waals surface area contributed by atoms with Crippen LogP contribution in [0.2, 0.25) is 0 Å². The number of ketones is 1. The number of carbonyl (C=O) groups is 2. The number of Topliss-reactive ketones (excluding diaryl/α,β-unsaturated/α-hetero) is 1. The predicted molar refractivity (Wildman–Crippen MR) is 135 cm³/mol. The number of aliphatic hydroxyl groups is 1. The minimum atomic E-state index is -3.67. The third-order valence-corrected chi connectivity index (χ3v) is 8.59. The number of aromatic hydroxyl groups is 1. The third kappa shape index (κ3) is 5.07. The number of sulfonamides is 1. The molecule has 0 aliphatic carbocycles. The van der Waals surface area contributed by atoms with E-state index in [1.54, 1.807) is 0 Å². The van der Waals surface area contributed by atoms with E-state index in [1.807, 2.05) is 0 Å². The Balaban J connectivity index is 1.76. The summed E-state index contributed by atoms with van der Waals surface area (Å²) in [5, 5.41) is 21.2. The van der Waals surface area contributed by atoms with Crippen molar-refractivity contribution >= 4 is 27.5 Å². The van der Waals surface area contributed by atoms with Gasteiger partial charge in [0, 0.05) is 32.3 Å². The van der Waals surface area contributed by atoms with Crippen LogP contribution in [0.1, 0.15) is 36.4 Å². The number of phenolic OH excluding ortho intramolecular Hbond substituents is 1. The summed E-state index contributed by atoms with van der Waals surface area (Å²) >= 11 is 0. The van der Waals surface area contributed by atoms with Crippen LogP contribution in [0.25, 0.3) is 5.76 Å². The Kier molecular flexibility index (Phi) is 7.86. The van der Waals surface area contributed by atoms with Crippen LogP contribution in [0.4, 0.5) is 0 Å². The molecule has 0 spiro atoms. The lowest BCUT2D eigenvalue weighted by Crippen LogP contribution is -2.35. The van der Waals surface area contributed by atoms with E-state index in [0.29, 0.717) is 18.7 Å². The first kappa shape index (κ1) is 26.6. The standard InChI is InChI=1S/C26H30N2O8S/c1-35-15-14-28-23(18-8-11-20(29)21(16-18)36-2)22(25(31)26(28)32)24(30)17-6-9-19(10-7-17)37(33,34)27-12-4-3-5-13-27/h6-11,16,23,29-30H,3-5,12-15H2,1-2H3/b24-22+/t23-/m0/s1. The van der Waals surface area contributed by atoms with E-state index in [9.17, 15) is 28.2 Å². The average Bonchev–Trinajstić information content (AvgIpc) is 3.17. The van der Waals surface area contributed by atoms with Gasteiger partial charge in [0.1, 0.15) is 5.76 Å². The van der Waals surface area contributed by atoms with Gasteiger partial charge in [-0.15, -0.1) is 0 Å². The van der Waals surface area contributed by atoms with Crippen molar-refractivity contribution in [2.24, 2.45) is 0 Å². The number of methoxy groups -OCH3 is 2. The first-order valence-electron chi connectivity index (χ1n) is 12.0. The summed E-state index contributed by atoms with van der Waals surface area (Å²) in [6.07, 6.45) is 2.61. The second-order valence-corrected chi connectivity index (χ2v) is 10.8. The van der Waals surface area contributed by atoms with E-state index in [-0.39, 0.29) is 40.7 Å². The average molecular weight is 531 g/mol. The fourth-order valence-corrected chi connectivity index (χ4v) is 6.22. The minimum absolute atomic E-state index is 0.0821. The molecule has 2 aromatic carbocycles. The summed E-state index contributed by atoms with van der Waals surface area (Å²) in [7, 11) is -0.831. The Morgan fingerprint density at radius 1 is 1.03 bits per heavy atom. The summed E-state index contributed by atoms with van der Waals surface area (Å²) in [4.78, 5) is 27.4. The molecule has 11 heteroatoms. The zero-order chi connectivity index (χ0) is 26.7. The van der Waals surface area contributed by atoms with Crippen LogP contribution < -0.4 is 4.74 Å². The highest BCUT2D eigenvalue weighted by atomic mass is 32.2. The van der Waals surface area contributed by atoms with E-state index in [4.69, 9.17) is 9.47 Å². The maximum absolute atomic E-state index is 13.1. The van der Waals surface area contributed by atoms with Crippen molar-refractivity contribution in [2.45, 2.75) is 30.2 Å². The van der Waals surface area contributed by atoms with Crippen molar-refractivity contribution < 1.29 is 37.7 Å². The molecule has 1 atom stereocenters. The van der Waals surface area contributed by atoms with Crippen LogP contribution in [-0.2, 0) is 24.3 Å². The number of piperidine rings is 1. The predicted octanol–water partition coefficient (Wildman–Crippen LogP) is 2.64. The van der Waals surface area contributed by atoms with E-state index in [2.05, 4.69) is 0 Å². The lowest BCUT2D eigenvalue weighted by molar-refractivity contribution is -0.140. The molecule has 0 aromatic heterocycles. The molecule has 2 aliphatic heterocycles. The molecule has 2 aromatic rings. The Hall–Kier alpha value is -3.41. The quantitative estimate of drug-likeness (QED) is 0.302. The van der Waals surface area contributed by atoms with Crippen LogP contribution in [0.5, 0.6) is 11.5 Å². The van der Waals surface area contributed by atoms with Crippen LogP contribution in [0.3, 0.4) is 0 Å². The van der Waals surface area contributed by atoms with Crippen molar-refractivity contribution in [3.63, 3.8) is 0 Å². The van der Waals surface area contributed by atoms with Crippen molar-refractivity contribution in [2.75, 3.05) is 40.5 Å². The Bertz CT molecular complexity index is 1310. The molecule has 0 bridgehead atoms. The Labute approximate surface area is 215 Å². The lowest BCUT2D eigenvalue weighted by Gasteiger charge is -2.26. The number of carbonyl (C=O) groups excluding carboxylic acids is 2. The molecule has 4 rings (SSSR count). The van der Waals surface area contributed by atoms with Crippen LogP contribution in [0, 0.1) is 0 Å². The topological polar surface area (TPSA) is 134 Å². The highest BCUT2D eigenvalue weighted by Crippen LogP contribution is 2.41. The van der Waals surface area contributed by atoms with Gasteiger partial charge in [0.15, 0.2) is 11.5 Å². The molecule has 2 N–H and O–H groups in total. The number of hydrogen-bond acceptors (Lipinski definition) is 8. The molecule has 0 unspecified atom stereocenters. The number of hydrogen-bond donors (Lipinski definition) is 2. The minimum Gasteiger partial charge on any atom is -0.507 e. The molecule has 10 nitrogen and oxygen atoms in total. The van der Waals surface area contributed by atoms with Crippen molar-refractivity contribution in [1.29, 1.82) is 0 Å². The van der Waals surface area contributed by atoms with Gasteiger partial charge in [0.2, 0.25) is 10.0 Å². The third-order valence-electron chi connectivity index (χ3n) is 6.68. The molecule has 2 fully saturated rings. The molecular weight excluding hydrogens is 500 g/mol. The number of phenols is 1. The fourth-order valence-electron chi connectivity index (χ4n) is 4.71. The molecular formula is C26H30N2O8S. The number of ether oxygens (including phenoxy) is 2. The molecule has 0 radical (unpaired) electrons. The summed E-state index contributed by atoms with van der Waals surface area (Å²) in [6, 6.07) is 9.05. The molecule has 37 heavy (non-hydrogen) atoms. The maximum atomic E-state index is 13.1. The summed E-state index contributed by atoms with van der Waals surface area (Å²) in [5.74, 6) is -2.10. The first-order chi connectivity index (χ1) is 17.7. The Morgan fingerprint density at radius 2 is 1.70 bits per heavy atom. The molecule has 2 saturated heterocycles. The number of likely N-dealkylation sites (tertiary alicyclic amines) is 1. The van der Waals surface area contributed by atoms with E-state index < -0.39 is 33.5 Å². The zero-order valence-corrected chi connectivity index (χ0v) is 21.5. The zero-order valence-electron chi connectivity index (χ0n) is 20.7. The number of aliphatic hydroxyl groups excluding tert-OH is 1. The van der Waals surface area contributed by atoms with Crippen molar-refractivity contribution in [3.05, 3.63) is 59.2 Å². The summed E-state index contributed by atoms with van der Waals surface area (Å²) in [5.41, 5.74) is 0.481. The summed E-state index contributed by atoms with van der Waals surface area (Å²) in [6.45, 7) is 1.16. The van der Waals surface area contributed by atoms with Gasteiger partial charge in [-0.1, -0.05) is 12.5 Å². The monoisotopic (exact) mass is 530 g/mol. The van der Waals surface area contributed by atoms with Crippen LogP contribution in [-0.4, -0.2) is 80.0 Å². The number of rotatable bonds is 8. The first-order valence-corrected chi connectivity index (χ1v) is 13.4. The largest absolute Gasteiger partial charge is 0.507 e. The highest BCUT2D eigenvalue weighted by Gasteiger charge is 2.46. The van der Waals surface area contributed by atoms with E-state index in [0.717, 1.165) is 19.3 Å². The summed E-state index contributed by atoms with van der Waals surface area (Å²) < 4.78 is 37.7. The van der Waals surface area contributed by atoms with Gasteiger partial charge in [-0.3, -0.25) is 9.59 Å². The normalized spacial score (nSPS) is 20.4. The lowest BCUT2D eigenvalue weighted by atomic mass is 9.95. The Morgan fingerprint density at radius 3 is 2.32 bits per heavy atom. The molecule has 1 amide bonds. The van der Waals surface area contributed by atoms with Gasteiger partial charge in [0.05, 0.1) is 30.2 Å². The van der Waals surface area contributed by atoms with Gasteiger partial charge >= 0.3 is 0 Å². The highest BCUT2D eigenvalue weighted by molar-refractivity contribution is 7.89. The van der Waals surface area contributed by atoms with Gasteiger partial charge in [-0.05, 0) is 54.8 Å². The van der Waals surface area contributed by atoms with Gasteiger partial charge in [0.25, 0.3) is 11.7 Å². The maximum Gasteiger partial charge on any atom is 0.295 e. The van der Waals surface area contributed by atoms with Crippen LogP contribution in [0.15, 0.2) is 52.9 Å². The fraction of sp³-hybridized carbons (Fsp3) is 0.385. The van der Waals surface area contributed by atoms with Crippen LogP contribution >= 0.6 is 0 Å². The van der Waals surface area contributed by atoms with E-state index in [1.165, 1.54) is 65.9 Å². The molecule has 2 aliphatic rings. The van der Waals surface area contributed by atoms with Crippen molar-refractivity contribution in [3.8, 4) is 11.5 Å². The number of benzene rings is 2. The van der Waals surface area contributed by atoms with E-state index >= 15 is 0 Å². The van der Waals surface area contributed by atoms with Gasteiger partial charge in [-0.25, -0.2) is 8.42 Å². The smallest absolute Gasteiger partial charge is 0.295 e.